The molecule has 0 saturated carbocycles. The third-order valence-corrected chi connectivity index (χ3v) is 4.14. The number of halogens is 3. The maximum Gasteiger partial charge on any atom is 0.196 e. The summed E-state index contributed by atoms with van der Waals surface area (Å²) in [5, 5.41) is 0.867. The summed E-state index contributed by atoms with van der Waals surface area (Å²) in [6.07, 6.45) is 0. The Labute approximate surface area is 130 Å². The van der Waals surface area contributed by atoms with Crippen molar-refractivity contribution in [3.8, 4) is 0 Å². The van der Waals surface area contributed by atoms with Gasteiger partial charge >= 0.3 is 0 Å². The Morgan fingerprint density at radius 2 is 1.53 bits per heavy atom. The molecule has 0 heterocycles. The molecule has 2 rings (SSSR count). The number of hydrogen-bond donors (Lipinski definition) is 0. The quantitative estimate of drug-likeness (QED) is 0.639. The van der Waals surface area contributed by atoms with E-state index in [0.717, 1.165) is 15.6 Å². The fourth-order valence-electron chi connectivity index (χ4n) is 1.77. The second-order valence-electron chi connectivity index (χ2n) is 4.37. The molecule has 4 heteroatoms. The molecule has 0 bridgehead atoms. The van der Waals surface area contributed by atoms with E-state index in [1.165, 1.54) is 0 Å². The summed E-state index contributed by atoms with van der Waals surface area (Å²) in [7, 11) is 0. The van der Waals surface area contributed by atoms with Gasteiger partial charge in [-0.05, 0) is 55.3 Å². The summed E-state index contributed by atoms with van der Waals surface area (Å²) < 4.78 is 0.806. The Kier molecular flexibility index (Phi) is 4.34. The van der Waals surface area contributed by atoms with Crippen LogP contribution in [0.25, 0.3) is 0 Å². The van der Waals surface area contributed by atoms with E-state index in [9.17, 15) is 4.79 Å². The van der Waals surface area contributed by atoms with E-state index < -0.39 is 0 Å². The first-order chi connectivity index (χ1) is 8.90. The predicted octanol–water partition coefficient (Wildman–Crippen LogP) is 5.60. The molecule has 0 aliphatic rings. The molecule has 0 aromatic heterocycles. The van der Waals surface area contributed by atoms with Crippen molar-refractivity contribution in [2.45, 2.75) is 13.8 Å². The van der Waals surface area contributed by atoms with Crippen molar-refractivity contribution in [2.75, 3.05) is 0 Å². The molecule has 19 heavy (non-hydrogen) atoms. The van der Waals surface area contributed by atoms with Crippen LogP contribution in [0.5, 0.6) is 0 Å². The predicted molar refractivity (Wildman–Crippen MR) is 83.5 cm³/mol. The zero-order chi connectivity index (χ0) is 14.2. The summed E-state index contributed by atoms with van der Waals surface area (Å²) in [6.45, 7) is 3.91. The van der Waals surface area contributed by atoms with E-state index in [4.69, 9.17) is 23.2 Å². The van der Waals surface area contributed by atoms with Gasteiger partial charge in [-0.15, -0.1) is 0 Å². The van der Waals surface area contributed by atoms with Crippen molar-refractivity contribution < 1.29 is 4.79 Å². The number of hydrogen-bond acceptors (Lipinski definition) is 1. The monoisotopic (exact) mass is 356 g/mol. The van der Waals surface area contributed by atoms with Crippen LogP contribution in [0.3, 0.4) is 0 Å². The van der Waals surface area contributed by atoms with E-state index >= 15 is 0 Å². The van der Waals surface area contributed by atoms with Crippen molar-refractivity contribution >= 4 is 44.9 Å². The Bertz CT molecular complexity index is 665. The highest BCUT2D eigenvalue weighted by Gasteiger charge is 2.17. The maximum atomic E-state index is 12.5. The molecule has 0 amide bonds. The van der Waals surface area contributed by atoms with Crippen LogP contribution in [0.15, 0.2) is 34.8 Å². The SMILES string of the molecule is Cc1cc(Cl)c(C(=O)c2cc(Br)ccc2Cl)cc1C. The van der Waals surface area contributed by atoms with Crippen molar-refractivity contribution in [3.05, 3.63) is 67.1 Å². The lowest BCUT2D eigenvalue weighted by molar-refractivity contribution is 0.103. The zero-order valence-electron chi connectivity index (χ0n) is 10.4. The van der Waals surface area contributed by atoms with Crippen LogP contribution >= 0.6 is 39.1 Å². The molecule has 0 radical (unpaired) electrons. The minimum Gasteiger partial charge on any atom is -0.288 e. The van der Waals surface area contributed by atoms with Gasteiger partial charge in [0.2, 0.25) is 0 Å². The average molecular weight is 358 g/mol. The van der Waals surface area contributed by atoms with Gasteiger partial charge in [0, 0.05) is 15.6 Å². The number of ketones is 1. The first-order valence-corrected chi connectivity index (χ1v) is 7.21. The third-order valence-electron chi connectivity index (χ3n) is 3.00. The molecule has 2 aromatic carbocycles. The summed E-state index contributed by atoms with van der Waals surface area (Å²) in [5.74, 6) is -0.167. The van der Waals surface area contributed by atoms with Crippen molar-refractivity contribution in [3.63, 3.8) is 0 Å². The van der Waals surface area contributed by atoms with Gasteiger partial charge in [-0.25, -0.2) is 0 Å². The summed E-state index contributed by atoms with van der Waals surface area (Å²) in [4.78, 5) is 12.5. The highest BCUT2D eigenvalue weighted by atomic mass is 79.9. The first kappa shape index (κ1) is 14.6. The molecule has 98 valence electrons. The Morgan fingerprint density at radius 3 is 2.21 bits per heavy atom. The molecule has 0 N–H and O–H groups in total. The average Bonchev–Trinajstić information content (AvgIpc) is 2.36. The number of carbonyl (C=O) groups excluding carboxylic acids is 1. The minimum absolute atomic E-state index is 0.167. The van der Waals surface area contributed by atoms with Crippen molar-refractivity contribution in [1.29, 1.82) is 0 Å². The summed E-state index contributed by atoms with van der Waals surface area (Å²) >= 11 is 15.6. The fourth-order valence-corrected chi connectivity index (χ4v) is 2.64. The van der Waals surface area contributed by atoms with E-state index in [-0.39, 0.29) is 5.78 Å². The minimum atomic E-state index is -0.167. The summed E-state index contributed by atoms with van der Waals surface area (Å²) in [6, 6.07) is 8.79. The van der Waals surface area contributed by atoms with Crippen LogP contribution in [0.2, 0.25) is 10.0 Å². The van der Waals surface area contributed by atoms with E-state index in [0.29, 0.717) is 21.2 Å². The van der Waals surface area contributed by atoms with Gasteiger partial charge in [0.25, 0.3) is 0 Å². The Hall–Kier alpha value is -0.830. The molecular weight excluding hydrogens is 347 g/mol. The molecule has 2 aromatic rings. The molecule has 0 aliphatic heterocycles. The Morgan fingerprint density at radius 1 is 0.947 bits per heavy atom. The molecule has 0 aliphatic carbocycles. The van der Waals surface area contributed by atoms with Crippen molar-refractivity contribution in [2.24, 2.45) is 0 Å². The highest BCUT2D eigenvalue weighted by Crippen LogP contribution is 2.28. The first-order valence-electron chi connectivity index (χ1n) is 5.66. The molecule has 0 spiro atoms. The molecule has 0 atom stereocenters. The maximum absolute atomic E-state index is 12.5. The lowest BCUT2D eigenvalue weighted by atomic mass is 9.99. The van der Waals surface area contributed by atoms with Crippen molar-refractivity contribution in [1.82, 2.24) is 0 Å². The van der Waals surface area contributed by atoms with Gasteiger partial charge in [0.1, 0.15) is 0 Å². The largest absolute Gasteiger partial charge is 0.288 e. The topological polar surface area (TPSA) is 17.1 Å². The van der Waals surface area contributed by atoms with Gasteiger partial charge in [-0.1, -0.05) is 39.1 Å². The van der Waals surface area contributed by atoms with E-state index in [1.807, 2.05) is 13.8 Å². The van der Waals surface area contributed by atoms with Crippen LogP contribution in [0, 0.1) is 13.8 Å². The number of aryl methyl sites for hydroxylation is 2. The smallest absolute Gasteiger partial charge is 0.196 e. The van der Waals surface area contributed by atoms with Crippen LogP contribution in [0.4, 0.5) is 0 Å². The lowest BCUT2D eigenvalue weighted by Gasteiger charge is -2.09. The molecule has 0 unspecified atom stereocenters. The fraction of sp³-hybridized carbons (Fsp3) is 0.133. The van der Waals surface area contributed by atoms with Gasteiger partial charge in [0.15, 0.2) is 5.78 Å². The van der Waals surface area contributed by atoms with Gasteiger partial charge in [-0.2, -0.15) is 0 Å². The summed E-state index contributed by atoms with van der Waals surface area (Å²) in [5.41, 5.74) is 3.01. The van der Waals surface area contributed by atoms with E-state index in [1.54, 1.807) is 30.3 Å². The number of rotatable bonds is 2. The van der Waals surface area contributed by atoms with Gasteiger partial charge < -0.3 is 0 Å². The van der Waals surface area contributed by atoms with Gasteiger partial charge in [-0.3, -0.25) is 4.79 Å². The Balaban J connectivity index is 2.56. The van der Waals surface area contributed by atoms with Crippen LogP contribution in [-0.2, 0) is 0 Å². The van der Waals surface area contributed by atoms with Crippen LogP contribution in [0.1, 0.15) is 27.0 Å². The highest BCUT2D eigenvalue weighted by molar-refractivity contribution is 9.10. The second-order valence-corrected chi connectivity index (χ2v) is 6.10. The third kappa shape index (κ3) is 3.02. The van der Waals surface area contributed by atoms with Crippen LogP contribution in [-0.4, -0.2) is 5.78 Å². The molecular formula is C15H11BrCl2O. The second kappa shape index (κ2) is 5.66. The van der Waals surface area contributed by atoms with E-state index in [2.05, 4.69) is 15.9 Å². The molecule has 0 saturated heterocycles. The standard InChI is InChI=1S/C15H11BrCl2O/c1-8-5-11(14(18)6-9(8)2)15(19)12-7-10(16)3-4-13(12)17/h3-7H,1-2H3. The normalized spacial score (nSPS) is 10.6. The van der Waals surface area contributed by atoms with Gasteiger partial charge in [0.05, 0.1) is 10.0 Å². The number of benzene rings is 2. The number of carbonyl (C=O) groups is 1. The lowest BCUT2D eigenvalue weighted by Crippen LogP contribution is -2.04. The molecule has 1 nitrogen and oxygen atoms in total. The zero-order valence-corrected chi connectivity index (χ0v) is 13.5. The van der Waals surface area contributed by atoms with Crippen LogP contribution < -0.4 is 0 Å². The molecule has 0 fully saturated rings.